The standard InChI is InChI=1S/C28H24Cl2FN3O/c29-23-11-10-21(17-24(23)30)34-27(18-26(32-34)22-8-4-5-9-25(22)31)28(35)33-14-12-20(13-15-33)16-19-6-2-1-3-7-19/h1-11,17-18,20H,12-16H2. The van der Waals surface area contributed by atoms with E-state index in [9.17, 15) is 9.18 Å². The van der Waals surface area contributed by atoms with E-state index >= 15 is 0 Å². The van der Waals surface area contributed by atoms with E-state index in [1.807, 2.05) is 11.0 Å². The molecular formula is C28H24Cl2FN3O. The van der Waals surface area contributed by atoms with Gasteiger partial charge in [0.1, 0.15) is 11.5 Å². The molecule has 1 aromatic heterocycles. The van der Waals surface area contributed by atoms with Gasteiger partial charge in [-0.15, -0.1) is 0 Å². The minimum absolute atomic E-state index is 0.135. The van der Waals surface area contributed by atoms with Crippen LogP contribution in [0.15, 0.2) is 78.9 Å². The highest BCUT2D eigenvalue weighted by atomic mass is 35.5. The number of piperidine rings is 1. The van der Waals surface area contributed by atoms with E-state index in [4.69, 9.17) is 23.2 Å². The zero-order valence-electron chi connectivity index (χ0n) is 19.0. The van der Waals surface area contributed by atoms with E-state index < -0.39 is 5.82 Å². The van der Waals surface area contributed by atoms with Crippen LogP contribution in [0.25, 0.3) is 16.9 Å². The number of hydrogen-bond donors (Lipinski definition) is 0. The molecule has 0 radical (unpaired) electrons. The lowest BCUT2D eigenvalue weighted by molar-refractivity contribution is 0.0681. The van der Waals surface area contributed by atoms with Crippen molar-refractivity contribution in [2.45, 2.75) is 19.3 Å². The van der Waals surface area contributed by atoms with Crippen molar-refractivity contribution in [1.82, 2.24) is 14.7 Å². The molecule has 3 aromatic carbocycles. The van der Waals surface area contributed by atoms with Crippen LogP contribution in [0.3, 0.4) is 0 Å². The molecule has 178 valence electrons. The Bertz CT molecular complexity index is 1350. The smallest absolute Gasteiger partial charge is 0.272 e. The van der Waals surface area contributed by atoms with Crippen LogP contribution in [0.2, 0.25) is 10.0 Å². The summed E-state index contributed by atoms with van der Waals surface area (Å²) in [5.41, 5.74) is 3.00. The molecule has 0 aliphatic carbocycles. The Hall–Kier alpha value is -3.15. The molecule has 35 heavy (non-hydrogen) atoms. The molecule has 4 nitrogen and oxygen atoms in total. The Morgan fingerprint density at radius 2 is 1.63 bits per heavy atom. The van der Waals surface area contributed by atoms with Crippen LogP contribution >= 0.6 is 23.2 Å². The highest BCUT2D eigenvalue weighted by molar-refractivity contribution is 6.42. The van der Waals surface area contributed by atoms with E-state index in [1.165, 1.54) is 16.3 Å². The minimum atomic E-state index is -0.396. The largest absolute Gasteiger partial charge is 0.337 e. The van der Waals surface area contributed by atoms with Crippen molar-refractivity contribution in [3.63, 3.8) is 0 Å². The van der Waals surface area contributed by atoms with Gasteiger partial charge in [-0.2, -0.15) is 5.10 Å². The van der Waals surface area contributed by atoms with E-state index in [-0.39, 0.29) is 5.91 Å². The summed E-state index contributed by atoms with van der Waals surface area (Å²) in [6, 6.07) is 23.6. The number of amides is 1. The first kappa shape index (κ1) is 23.6. The quantitative estimate of drug-likeness (QED) is 0.289. The molecule has 1 amide bonds. The van der Waals surface area contributed by atoms with Gasteiger partial charge in [-0.05, 0) is 67.1 Å². The normalized spacial score (nSPS) is 14.3. The highest BCUT2D eigenvalue weighted by Gasteiger charge is 2.28. The molecule has 0 saturated carbocycles. The van der Waals surface area contributed by atoms with Crippen LogP contribution in [0.4, 0.5) is 4.39 Å². The third kappa shape index (κ3) is 5.12. The third-order valence-corrected chi connectivity index (χ3v) is 7.23. The van der Waals surface area contributed by atoms with Gasteiger partial charge in [0, 0.05) is 18.7 Å². The van der Waals surface area contributed by atoms with Crippen molar-refractivity contribution in [3.05, 3.63) is 106 Å². The average molecular weight is 508 g/mol. The summed E-state index contributed by atoms with van der Waals surface area (Å²) in [4.78, 5) is 15.5. The van der Waals surface area contributed by atoms with Crippen molar-refractivity contribution in [2.24, 2.45) is 5.92 Å². The fourth-order valence-corrected chi connectivity index (χ4v) is 4.89. The Balaban J connectivity index is 1.42. The molecule has 1 fully saturated rings. The maximum Gasteiger partial charge on any atom is 0.272 e. The second-order valence-corrected chi connectivity index (χ2v) is 9.64. The summed E-state index contributed by atoms with van der Waals surface area (Å²) in [7, 11) is 0. The molecule has 0 unspecified atom stereocenters. The van der Waals surface area contributed by atoms with Gasteiger partial charge in [-0.1, -0.05) is 65.7 Å². The van der Waals surface area contributed by atoms with Gasteiger partial charge in [-0.25, -0.2) is 9.07 Å². The summed E-state index contributed by atoms with van der Waals surface area (Å²) >= 11 is 12.3. The lowest BCUT2D eigenvalue weighted by Gasteiger charge is -2.32. The zero-order valence-corrected chi connectivity index (χ0v) is 20.5. The van der Waals surface area contributed by atoms with E-state index in [0.717, 1.165) is 19.3 Å². The Morgan fingerprint density at radius 1 is 0.914 bits per heavy atom. The predicted octanol–water partition coefficient (Wildman–Crippen LogP) is 7.08. The number of carbonyl (C=O) groups is 1. The van der Waals surface area contributed by atoms with Crippen molar-refractivity contribution < 1.29 is 9.18 Å². The first-order valence-electron chi connectivity index (χ1n) is 11.6. The lowest BCUT2D eigenvalue weighted by Crippen LogP contribution is -2.39. The van der Waals surface area contributed by atoms with Crippen LogP contribution in [-0.2, 0) is 6.42 Å². The number of carbonyl (C=O) groups excluding carboxylic acids is 1. The molecule has 2 heterocycles. The predicted molar refractivity (Wildman–Crippen MR) is 138 cm³/mol. The SMILES string of the molecule is O=C(c1cc(-c2ccccc2F)nn1-c1ccc(Cl)c(Cl)c1)N1CCC(Cc2ccccc2)CC1. The number of benzene rings is 3. The number of aromatic nitrogens is 2. The zero-order chi connectivity index (χ0) is 24.4. The molecule has 0 spiro atoms. The number of hydrogen-bond acceptors (Lipinski definition) is 2. The molecule has 7 heteroatoms. The van der Waals surface area contributed by atoms with Crippen molar-refractivity contribution in [3.8, 4) is 16.9 Å². The molecule has 0 bridgehead atoms. The summed E-state index contributed by atoms with van der Waals surface area (Å²) in [6.07, 6.45) is 2.88. The molecule has 5 rings (SSSR count). The van der Waals surface area contributed by atoms with Gasteiger partial charge in [0.05, 0.1) is 21.4 Å². The van der Waals surface area contributed by atoms with Crippen LogP contribution in [0.5, 0.6) is 0 Å². The summed E-state index contributed by atoms with van der Waals surface area (Å²) < 4.78 is 16.1. The Morgan fingerprint density at radius 3 is 2.34 bits per heavy atom. The van der Waals surface area contributed by atoms with Gasteiger partial charge >= 0.3 is 0 Å². The van der Waals surface area contributed by atoms with Gasteiger partial charge in [-0.3, -0.25) is 4.79 Å². The second kappa shape index (κ2) is 10.2. The Kier molecular flexibility index (Phi) is 6.89. The number of nitrogens with zero attached hydrogens (tertiary/aromatic N) is 3. The number of rotatable bonds is 5. The maximum absolute atomic E-state index is 14.5. The topological polar surface area (TPSA) is 38.1 Å². The summed E-state index contributed by atoms with van der Waals surface area (Å²) in [6.45, 7) is 1.33. The van der Waals surface area contributed by atoms with Crippen LogP contribution < -0.4 is 0 Å². The van der Waals surface area contributed by atoms with Gasteiger partial charge < -0.3 is 4.90 Å². The van der Waals surface area contributed by atoms with Gasteiger partial charge in [0.25, 0.3) is 5.91 Å². The van der Waals surface area contributed by atoms with Crippen LogP contribution in [0, 0.1) is 11.7 Å². The summed E-state index contributed by atoms with van der Waals surface area (Å²) in [5, 5.41) is 5.36. The molecule has 1 saturated heterocycles. The maximum atomic E-state index is 14.5. The van der Waals surface area contributed by atoms with E-state index in [1.54, 1.807) is 42.5 Å². The van der Waals surface area contributed by atoms with Crippen LogP contribution in [0.1, 0.15) is 28.9 Å². The number of likely N-dealkylation sites (tertiary alicyclic amines) is 1. The Labute approximate surface area is 213 Å². The first-order valence-corrected chi connectivity index (χ1v) is 12.4. The van der Waals surface area contributed by atoms with Crippen LogP contribution in [-0.4, -0.2) is 33.7 Å². The lowest BCUT2D eigenvalue weighted by atomic mass is 9.90. The van der Waals surface area contributed by atoms with Crippen molar-refractivity contribution in [2.75, 3.05) is 13.1 Å². The van der Waals surface area contributed by atoms with Gasteiger partial charge in [0.15, 0.2) is 0 Å². The first-order chi connectivity index (χ1) is 17.0. The summed E-state index contributed by atoms with van der Waals surface area (Å²) in [5.74, 6) is 0.00625. The molecule has 4 aromatic rings. The molecular weight excluding hydrogens is 484 g/mol. The van der Waals surface area contributed by atoms with E-state index in [0.29, 0.717) is 51.7 Å². The van der Waals surface area contributed by atoms with Gasteiger partial charge in [0.2, 0.25) is 0 Å². The van der Waals surface area contributed by atoms with E-state index in [2.05, 4.69) is 29.4 Å². The fourth-order valence-electron chi connectivity index (χ4n) is 4.60. The second-order valence-electron chi connectivity index (χ2n) is 8.83. The third-order valence-electron chi connectivity index (χ3n) is 6.49. The minimum Gasteiger partial charge on any atom is -0.337 e. The molecule has 1 aliphatic rings. The highest BCUT2D eigenvalue weighted by Crippen LogP contribution is 2.30. The molecule has 1 aliphatic heterocycles. The molecule has 0 N–H and O–H groups in total. The van der Waals surface area contributed by atoms with Crippen molar-refractivity contribution >= 4 is 29.1 Å². The number of halogens is 3. The molecule has 0 atom stereocenters. The van der Waals surface area contributed by atoms with Crippen molar-refractivity contribution in [1.29, 1.82) is 0 Å². The average Bonchev–Trinajstić information content (AvgIpc) is 3.32. The fraction of sp³-hybridized carbons (Fsp3) is 0.214. The monoisotopic (exact) mass is 507 g/mol.